The predicted molar refractivity (Wildman–Crippen MR) is 164 cm³/mol. The van der Waals surface area contributed by atoms with Gasteiger partial charge in [0.15, 0.2) is 0 Å². The van der Waals surface area contributed by atoms with Crippen LogP contribution in [0.15, 0.2) is 9.98 Å². The molecule has 1 atom stereocenters. The summed E-state index contributed by atoms with van der Waals surface area (Å²) in [5.74, 6) is 4.13. The maximum absolute atomic E-state index is 11.9. The van der Waals surface area contributed by atoms with Crippen molar-refractivity contribution in [1.82, 2.24) is 10.6 Å². The number of amides is 2. The van der Waals surface area contributed by atoms with Crippen molar-refractivity contribution in [2.45, 2.75) is 0 Å². The van der Waals surface area contributed by atoms with Gasteiger partial charge in [-0.15, -0.1) is 35.3 Å². The van der Waals surface area contributed by atoms with Gasteiger partial charge in [-0.3, -0.25) is 14.0 Å². The maximum atomic E-state index is 11.9. The third-order valence-electron chi connectivity index (χ3n) is 3.06. The Balaban J connectivity index is 3.49. The van der Waals surface area contributed by atoms with Crippen LogP contribution in [-0.4, -0.2) is 121 Å². The van der Waals surface area contributed by atoms with E-state index in [0.717, 1.165) is 17.5 Å². The number of rotatable bonds is 25. The Labute approximate surface area is 245 Å². The molecule has 2 amide bonds. The molecule has 0 rings (SSSR count). The Morgan fingerprint density at radius 3 is 2.27 bits per heavy atom. The quantitative estimate of drug-likeness (QED) is 0.0282. The molecule has 37 heavy (non-hydrogen) atoms. The van der Waals surface area contributed by atoms with Crippen molar-refractivity contribution in [3.8, 4) is 0 Å². The molecule has 0 radical (unpaired) electrons. The van der Waals surface area contributed by atoms with E-state index in [4.69, 9.17) is 24.7 Å². The molecule has 0 saturated heterocycles. The van der Waals surface area contributed by atoms with Gasteiger partial charge in [-0.25, -0.2) is 9.79 Å². The van der Waals surface area contributed by atoms with E-state index in [0.29, 0.717) is 57.5 Å². The summed E-state index contributed by atoms with van der Waals surface area (Å²) in [7, 11) is -1.24. The maximum Gasteiger partial charge on any atom is 0.407 e. The second-order valence-corrected chi connectivity index (χ2v) is 14.1. The Morgan fingerprint density at radius 2 is 1.54 bits per heavy atom. The number of aliphatic hydroxyl groups is 2. The lowest BCUT2D eigenvalue weighted by Crippen LogP contribution is -2.24. The fourth-order valence-corrected chi connectivity index (χ4v) is 6.82. The number of aliphatic hydroxyl groups excluding tert-OH is 2. The summed E-state index contributed by atoms with van der Waals surface area (Å²) in [6, 6.07) is 0. The van der Waals surface area contributed by atoms with Crippen LogP contribution in [0.1, 0.15) is 0 Å². The zero-order valence-electron chi connectivity index (χ0n) is 20.2. The van der Waals surface area contributed by atoms with Gasteiger partial charge < -0.3 is 30.5 Å². The molecular formula is C18H34N4O8S7. The molecule has 12 nitrogen and oxygen atoms in total. The topological polar surface area (TPSA) is 168 Å². The minimum absolute atomic E-state index is 0.104. The molecule has 0 aromatic rings. The smallest absolute Gasteiger partial charge is 0.407 e. The summed E-state index contributed by atoms with van der Waals surface area (Å²) < 4.78 is 16.8. The summed E-state index contributed by atoms with van der Waals surface area (Å²) in [5.41, 5.74) is 1.36. The van der Waals surface area contributed by atoms with Gasteiger partial charge in [-0.05, 0) is 0 Å². The molecule has 216 valence electrons. The number of carbonyl (C=O) groups is 2. The Kier molecular flexibility index (Phi) is 30.6. The second kappa shape index (κ2) is 30.6. The highest BCUT2D eigenvalue weighted by Gasteiger charge is 2.03. The number of hydrogen-bond donors (Lipinski definition) is 4. The second-order valence-electron chi connectivity index (χ2n) is 5.86. The highest BCUT2D eigenvalue weighted by Crippen LogP contribution is 2.14. The Morgan fingerprint density at radius 1 is 0.865 bits per heavy atom. The standard InChI is InChI=1S/C18H34N4O8S7/c23-1-5-31-7-3-28-17(25)21-12-34-11-20-14-37(27)16-35-15-36-18(26)22-13-33-10-19-9-30-29-4-8-32-6-2-24/h9,14,23-24H,1-8,10-13,15-16H2,(H,21,25)(H,22,26)/b19-9?,20-14+. The molecule has 0 heterocycles. The third kappa shape index (κ3) is 30.4. The first-order valence-corrected chi connectivity index (χ1v) is 18.8. The number of ether oxygens (including phenoxy) is 1. The number of carbonyl (C=O) groups excluding carboxylic acids is 2. The van der Waals surface area contributed by atoms with E-state index in [9.17, 15) is 13.8 Å². The van der Waals surface area contributed by atoms with Gasteiger partial charge in [-0.2, -0.15) is 28.4 Å². The highest BCUT2D eigenvalue weighted by molar-refractivity contribution is 8.27. The molecule has 0 aromatic carbocycles. The average Bonchev–Trinajstić information content (AvgIpc) is 2.89. The molecule has 1 unspecified atom stereocenters. The van der Waals surface area contributed by atoms with Gasteiger partial charge in [0.2, 0.25) is 6.40 Å². The van der Waals surface area contributed by atoms with Gasteiger partial charge in [0.25, 0.3) is 5.24 Å². The van der Waals surface area contributed by atoms with E-state index in [1.54, 1.807) is 11.8 Å². The lowest BCUT2D eigenvalue weighted by molar-refractivity contribution is -0.210. The normalized spacial score (nSPS) is 12.2. The SMILES string of the molecule is O=C(NCSC/N=C/S(=O)CSCSC(=O)NCSCN=COOCCSCCO)OCCSCCO. The zero-order valence-corrected chi connectivity index (χ0v) is 25.9. The molecular weight excluding hydrogens is 625 g/mol. The molecule has 4 N–H and O–H groups in total. The average molecular weight is 659 g/mol. The molecule has 0 aromatic heterocycles. The minimum atomic E-state index is -1.24. The predicted octanol–water partition coefficient (Wildman–Crippen LogP) is 2.30. The molecule has 0 saturated carbocycles. The Hall–Kier alpha value is 0.01000. The zero-order chi connectivity index (χ0) is 27.2. The van der Waals surface area contributed by atoms with Crippen molar-refractivity contribution >= 4 is 105 Å². The summed E-state index contributed by atoms with van der Waals surface area (Å²) in [6.07, 6.45) is 0.697. The number of aliphatic imine (C=N–C) groups is 2. The monoisotopic (exact) mass is 658 g/mol. The minimum Gasteiger partial charge on any atom is -0.449 e. The molecule has 0 aliphatic heterocycles. The van der Waals surface area contributed by atoms with Crippen LogP contribution in [0.25, 0.3) is 0 Å². The van der Waals surface area contributed by atoms with Crippen LogP contribution in [0, 0.1) is 0 Å². The van der Waals surface area contributed by atoms with E-state index >= 15 is 0 Å². The number of hydrogen-bond acceptors (Lipinski definition) is 16. The van der Waals surface area contributed by atoms with Crippen LogP contribution in [0.3, 0.4) is 0 Å². The number of nitrogens with zero attached hydrogens (tertiary/aromatic N) is 2. The van der Waals surface area contributed by atoms with Crippen LogP contribution in [0.5, 0.6) is 0 Å². The van der Waals surface area contributed by atoms with Crippen LogP contribution in [0.2, 0.25) is 0 Å². The molecule has 0 fully saturated rings. The van der Waals surface area contributed by atoms with Gasteiger partial charge in [0.1, 0.15) is 13.2 Å². The molecule has 0 aliphatic rings. The van der Waals surface area contributed by atoms with Crippen LogP contribution >= 0.6 is 70.6 Å². The first-order chi connectivity index (χ1) is 18.1. The van der Waals surface area contributed by atoms with Gasteiger partial charge in [-0.1, -0.05) is 11.8 Å². The van der Waals surface area contributed by atoms with E-state index in [1.165, 1.54) is 59.0 Å². The van der Waals surface area contributed by atoms with E-state index in [-0.39, 0.29) is 25.1 Å². The van der Waals surface area contributed by atoms with Crippen molar-refractivity contribution in [3.63, 3.8) is 0 Å². The van der Waals surface area contributed by atoms with Gasteiger partial charge in [0, 0.05) is 28.1 Å². The fourth-order valence-electron chi connectivity index (χ4n) is 1.63. The van der Waals surface area contributed by atoms with E-state index in [2.05, 4.69) is 20.6 Å². The molecule has 0 aliphatic carbocycles. The first kappa shape index (κ1) is 37.0. The van der Waals surface area contributed by atoms with Crippen LogP contribution < -0.4 is 10.6 Å². The highest BCUT2D eigenvalue weighted by atomic mass is 32.2. The fraction of sp³-hybridized carbons (Fsp3) is 0.778. The summed E-state index contributed by atoms with van der Waals surface area (Å²) in [6.45, 7) is 0.933. The molecule has 0 spiro atoms. The number of nitrogens with one attached hydrogen (secondary N) is 2. The lowest BCUT2D eigenvalue weighted by Gasteiger charge is -2.05. The van der Waals surface area contributed by atoms with Crippen LogP contribution in [-0.2, 0) is 25.3 Å². The summed E-state index contributed by atoms with van der Waals surface area (Å²) in [5, 5.41) is 23.2. The van der Waals surface area contributed by atoms with E-state index < -0.39 is 16.9 Å². The van der Waals surface area contributed by atoms with Crippen molar-refractivity contribution in [2.24, 2.45) is 9.98 Å². The van der Waals surface area contributed by atoms with Gasteiger partial charge >= 0.3 is 6.09 Å². The van der Waals surface area contributed by atoms with Crippen LogP contribution in [0.4, 0.5) is 9.59 Å². The number of thioether (sulfide) groups is 6. The first-order valence-electron chi connectivity index (χ1n) is 10.7. The van der Waals surface area contributed by atoms with E-state index in [1.807, 2.05) is 0 Å². The molecule has 0 bridgehead atoms. The summed E-state index contributed by atoms with van der Waals surface area (Å²) in [4.78, 5) is 40.8. The van der Waals surface area contributed by atoms with Crippen molar-refractivity contribution in [2.75, 3.05) is 83.1 Å². The van der Waals surface area contributed by atoms with Crippen molar-refractivity contribution < 1.29 is 38.5 Å². The number of alkyl carbamates (subject to hydrolysis) is 1. The summed E-state index contributed by atoms with van der Waals surface area (Å²) >= 11 is 8.28. The van der Waals surface area contributed by atoms with Crippen molar-refractivity contribution in [1.29, 1.82) is 0 Å². The molecule has 19 heteroatoms. The van der Waals surface area contributed by atoms with Crippen molar-refractivity contribution in [3.05, 3.63) is 0 Å². The third-order valence-corrected chi connectivity index (χ3v) is 9.80. The van der Waals surface area contributed by atoms with Gasteiger partial charge in [0.05, 0.1) is 58.2 Å². The lowest BCUT2D eigenvalue weighted by atomic mass is 10.8. The largest absolute Gasteiger partial charge is 0.449 e. The Bertz CT molecular complexity index is 653.